The fourth-order valence-corrected chi connectivity index (χ4v) is 9.13. The van der Waals surface area contributed by atoms with Crippen molar-refractivity contribution in [1.82, 2.24) is 0 Å². The van der Waals surface area contributed by atoms with Gasteiger partial charge >= 0.3 is 17.9 Å². The van der Waals surface area contributed by atoms with E-state index in [0.717, 1.165) is 135 Å². The van der Waals surface area contributed by atoms with Gasteiger partial charge in [-0.1, -0.05) is 309 Å². The number of hydrogen-bond acceptors (Lipinski definition) is 6. The minimum Gasteiger partial charge on any atom is -0.462 e. The molecule has 0 spiro atoms. The molecule has 0 aliphatic rings. The summed E-state index contributed by atoms with van der Waals surface area (Å²) in [7, 11) is 0. The van der Waals surface area contributed by atoms with Crippen molar-refractivity contribution in [2.75, 3.05) is 13.2 Å². The van der Waals surface area contributed by atoms with Crippen LogP contribution in [-0.2, 0) is 28.6 Å². The molecule has 0 saturated heterocycles. The maximum atomic E-state index is 12.9. The number of hydrogen-bond donors (Lipinski definition) is 0. The smallest absolute Gasteiger partial charge is 0.306 e. The molecule has 0 saturated carbocycles. The van der Waals surface area contributed by atoms with Crippen LogP contribution in [0.4, 0.5) is 0 Å². The van der Waals surface area contributed by atoms with Crippen LogP contribution in [0.15, 0.2) is 134 Å². The standard InChI is InChI=1S/C75H124O6/c1-4-7-10-13-16-19-22-25-27-29-31-33-34-35-36-37-38-39-40-42-43-45-47-50-53-56-59-62-65-68-74(77)80-71-72(70-79-73(76)67-64-61-58-55-52-49-24-21-18-15-12-9-6-3)81-75(78)69-66-63-60-57-54-51-48-46-44-41-32-30-28-26-23-20-17-14-11-8-5-2/h7,10,12,15-16,19,21,24-25,27,31,33,35-36,38-39,42-43,47,50,56,59,72H,4-6,8-9,11,13-14,17-18,20,22-23,26,28-30,32,34,37,40-41,44-46,48-49,51-55,57-58,60-71H2,1-3H3/b10-7-,15-12-,19-16-,24-21-,27-25-,33-31-,36-35-,39-38-,43-42-,50-47-,59-56-. The number of rotatable bonds is 60. The summed E-state index contributed by atoms with van der Waals surface area (Å²) in [6.45, 7) is 6.43. The zero-order chi connectivity index (χ0) is 58.5. The van der Waals surface area contributed by atoms with Gasteiger partial charge in [0.1, 0.15) is 13.2 Å². The normalized spacial score (nSPS) is 13.0. The Morgan fingerprint density at radius 3 is 0.852 bits per heavy atom. The molecule has 81 heavy (non-hydrogen) atoms. The van der Waals surface area contributed by atoms with E-state index >= 15 is 0 Å². The number of unbranched alkanes of at least 4 members (excludes halogenated alkanes) is 27. The van der Waals surface area contributed by atoms with Gasteiger partial charge in [-0.15, -0.1) is 0 Å². The van der Waals surface area contributed by atoms with E-state index in [0.29, 0.717) is 19.3 Å². The molecule has 1 unspecified atom stereocenters. The predicted octanol–water partition coefficient (Wildman–Crippen LogP) is 23.3. The Morgan fingerprint density at radius 1 is 0.259 bits per heavy atom. The second-order valence-corrected chi connectivity index (χ2v) is 22.0. The maximum absolute atomic E-state index is 12.9. The van der Waals surface area contributed by atoms with Crippen LogP contribution in [0.1, 0.15) is 303 Å². The van der Waals surface area contributed by atoms with Crippen molar-refractivity contribution in [3.8, 4) is 0 Å². The van der Waals surface area contributed by atoms with Gasteiger partial charge in [0.25, 0.3) is 0 Å². The summed E-state index contributed by atoms with van der Waals surface area (Å²) in [5, 5.41) is 0. The lowest BCUT2D eigenvalue weighted by Gasteiger charge is -2.18. The molecule has 0 heterocycles. The molecule has 6 nitrogen and oxygen atoms in total. The summed E-state index contributed by atoms with van der Waals surface area (Å²) in [5.41, 5.74) is 0. The van der Waals surface area contributed by atoms with Crippen molar-refractivity contribution in [1.29, 1.82) is 0 Å². The zero-order valence-electron chi connectivity index (χ0n) is 52.8. The number of esters is 3. The van der Waals surface area contributed by atoms with E-state index < -0.39 is 6.10 Å². The molecule has 6 heteroatoms. The van der Waals surface area contributed by atoms with E-state index in [4.69, 9.17) is 14.2 Å². The summed E-state index contributed by atoms with van der Waals surface area (Å²) in [5.74, 6) is -0.973. The molecule has 0 amide bonds. The third-order valence-corrected chi connectivity index (χ3v) is 14.1. The minimum atomic E-state index is -0.811. The first kappa shape index (κ1) is 76.5. The summed E-state index contributed by atoms with van der Waals surface area (Å²) in [4.78, 5) is 38.3. The Kier molecular flexibility index (Phi) is 64.3. The lowest BCUT2D eigenvalue weighted by Crippen LogP contribution is -2.30. The van der Waals surface area contributed by atoms with E-state index in [1.807, 2.05) is 0 Å². The molecule has 460 valence electrons. The Balaban J connectivity index is 4.42. The van der Waals surface area contributed by atoms with Crippen molar-refractivity contribution in [3.05, 3.63) is 134 Å². The van der Waals surface area contributed by atoms with Crippen LogP contribution >= 0.6 is 0 Å². The third-order valence-electron chi connectivity index (χ3n) is 14.1. The number of carbonyl (C=O) groups excluding carboxylic acids is 3. The molecule has 0 aromatic rings. The summed E-state index contributed by atoms with van der Waals surface area (Å²) in [6.07, 6.45) is 96.2. The maximum Gasteiger partial charge on any atom is 0.306 e. The minimum absolute atomic E-state index is 0.105. The average molecular weight is 1120 g/mol. The fraction of sp³-hybridized carbons (Fsp3) is 0.667. The molecule has 0 aromatic heterocycles. The van der Waals surface area contributed by atoms with Gasteiger partial charge in [0, 0.05) is 19.3 Å². The summed E-state index contributed by atoms with van der Waals surface area (Å²) < 4.78 is 16.9. The molecule has 0 fully saturated rings. The fourth-order valence-electron chi connectivity index (χ4n) is 9.13. The third kappa shape index (κ3) is 66.2. The van der Waals surface area contributed by atoms with Crippen LogP contribution in [0, 0.1) is 0 Å². The van der Waals surface area contributed by atoms with Crippen LogP contribution < -0.4 is 0 Å². The highest BCUT2D eigenvalue weighted by atomic mass is 16.6. The topological polar surface area (TPSA) is 78.9 Å². The Hall–Kier alpha value is -4.45. The molecular weight excluding hydrogens is 997 g/mol. The van der Waals surface area contributed by atoms with Crippen LogP contribution in [0.2, 0.25) is 0 Å². The highest BCUT2D eigenvalue weighted by molar-refractivity contribution is 5.71. The van der Waals surface area contributed by atoms with Gasteiger partial charge in [0.05, 0.1) is 0 Å². The van der Waals surface area contributed by atoms with Crippen molar-refractivity contribution in [2.24, 2.45) is 0 Å². The van der Waals surface area contributed by atoms with Crippen LogP contribution in [0.25, 0.3) is 0 Å². The molecule has 0 bridgehead atoms. The van der Waals surface area contributed by atoms with E-state index in [2.05, 4.69) is 154 Å². The van der Waals surface area contributed by atoms with Crippen LogP contribution in [0.5, 0.6) is 0 Å². The monoisotopic (exact) mass is 1120 g/mol. The molecule has 0 aliphatic heterocycles. The lowest BCUT2D eigenvalue weighted by atomic mass is 10.0. The molecule has 0 aromatic carbocycles. The van der Waals surface area contributed by atoms with Gasteiger partial charge < -0.3 is 14.2 Å². The lowest BCUT2D eigenvalue weighted by molar-refractivity contribution is -0.167. The first-order chi connectivity index (χ1) is 40.0. The van der Waals surface area contributed by atoms with E-state index in [1.165, 1.54) is 122 Å². The second-order valence-electron chi connectivity index (χ2n) is 22.0. The van der Waals surface area contributed by atoms with E-state index in [1.54, 1.807) is 0 Å². The second kappa shape index (κ2) is 68.1. The molecule has 0 aliphatic carbocycles. The van der Waals surface area contributed by atoms with Gasteiger partial charge in [-0.2, -0.15) is 0 Å². The van der Waals surface area contributed by atoms with Crippen molar-refractivity contribution in [3.63, 3.8) is 0 Å². The number of carbonyl (C=O) groups is 3. The average Bonchev–Trinajstić information content (AvgIpc) is 3.46. The van der Waals surface area contributed by atoms with Gasteiger partial charge in [-0.3, -0.25) is 14.4 Å². The van der Waals surface area contributed by atoms with Crippen molar-refractivity contribution < 1.29 is 28.6 Å². The molecular formula is C75H124O6. The largest absolute Gasteiger partial charge is 0.462 e. The van der Waals surface area contributed by atoms with Gasteiger partial charge in [-0.25, -0.2) is 0 Å². The predicted molar refractivity (Wildman–Crippen MR) is 353 cm³/mol. The molecule has 1 atom stereocenters. The SMILES string of the molecule is CC/C=C\C/C=C\C/C=C\C/C=C\C/C=C\C/C=C\C/C=C\C/C=C\C/C=C\CCCC(=O)OCC(COC(=O)CCCCCCC/C=C\C/C=C\CCC)OC(=O)CCCCCCCCCCCCCCCCCCCCCCC. The Morgan fingerprint density at radius 2 is 0.519 bits per heavy atom. The van der Waals surface area contributed by atoms with Crippen LogP contribution in [-0.4, -0.2) is 37.2 Å². The van der Waals surface area contributed by atoms with Crippen LogP contribution in [0.3, 0.4) is 0 Å². The van der Waals surface area contributed by atoms with Gasteiger partial charge in [0.15, 0.2) is 6.10 Å². The number of allylic oxidation sites excluding steroid dienone is 22. The molecule has 0 N–H and O–H groups in total. The van der Waals surface area contributed by atoms with E-state index in [9.17, 15) is 14.4 Å². The summed E-state index contributed by atoms with van der Waals surface area (Å²) >= 11 is 0. The number of ether oxygens (including phenoxy) is 3. The van der Waals surface area contributed by atoms with Crippen molar-refractivity contribution >= 4 is 17.9 Å². The van der Waals surface area contributed by atoms with Gasteiger partial charge in [0.2, 0.25) is 0 Å². The highest BCUT2D eigenvalue weighted by Gasteiger charge is 2.19. The molecule has 0 radical (unpaired) electrons. The van der Waals surface area contributed by atoms with Gasteiger partial charge in [-0.05, 0) is 109 Å². The highest BCUT2D eigenvalue weighted by Crippen LogP contribution is 2.17. The quantitative estimate of drug-likeness (QED) is 0.0261. The Bertz CT molecular complexity index is 1720. The van der Waals surface area contributed by atoms with Crippen molar-refractivity contribution in [2.45, 2.75) is 309 Å². The first-order valence-corrected chi connectivity index (χ1v) is 33.7. The zero-order valence-corrected chi connectivity index (χ0v) is 52.8. The Labute approximate surface area is 500 Å². The molecule has 0 rings (SSSR count). The summed E-state index contributed by atoms with van der Waals surface area (Å²) in [6, 6.07) is 0. The first-order valence-electron chi connectivity index (χ1n) is 33.7. The van der Waals surface area contributed by atoms with E-state index in [-0.39, 0.29) is 37.5 Å².